The number of hydroxylamine groups is 1. The lowest BCUT2D eigenvalue weighted by Gasteiger charge is -2.33. The molecule has 0 saturated heterocycles. The average molecular weight is 319 g/mol. The highest BCUT2D eigenvalue weighted by Gasteiger charge is 2.41. The van der Waals surface area contributed by atoms with Gasteiger partial charge in [0.2, 0.25) is 0 Å². The summed E-state index contributed by atoms with van der Waals surface area (Å²) in [4.78, 5) is 17.1. The third-order valence-electron chi connectivity index (χ3n) is 4.10. The topological polar surface area (TPSA) is 66.0 Å². The van der Waals surface area contributed by atoms with E-state index in [4.69, 9.17) is 19.0 Å². The van der Waals surface area contributed by atoms with Gasteiger partial charge < -0.3 is 14.2 Å². The van der Waals surface area contributed by atoms with E-state index in [-0.39, 0.29) is 12.2 Å². The van der Waals surface area contributed by atoms with E-state index >= 15 is 0 Å². The number of nitrogens with one attached hydrogen (secondary N) is 1. The fourth-order valence-electron chi connectivity index (χ4n) is 2.69. The normalized spacial score (nSPS) is 17.9. The van der Waals surface area contributed by atoms with Crippen molar-refractivity contribution < 1.29 is 23.8 Å². The standard InChI is InChI=1S/C17H21NO5/c1-3-21-16(19)11-22-15-9-12(5-6-14(15)20-2)13-10-17(23-18-13)7-4-8-17/h5-6,9-10,18H,3-4,7-8,11H2,1-2H3. The maximum atomic E-state index is 11.5. The van der Waals surface area contributed by atoms with Crippen molar-refractivity contribution in [2.24, 2.45) is 0 Å². The van der Waals surface area contributed by atoms with E-state index in [9.17, 15) is 4.79 Å². The third-order valence-corrected chi connectivity index (χ3v) is 4.10. The van der Waals surface area contributed by atoms with Crippen LogP contribution in [0.1, 0.15) is 31.7 Å². The van der Waals surface area contributed by atoms with Gasteiger partial charge in [0, 0.05) is 5.56 Å². The van der Waals surface area contributed by atoms with E-state index in [0.717, 1.165) is 24.1 Å². The summed E-state index contributed by atoms with van der Waals surface area (Å²) < 4.78 is 15.7. The SMILES string of the molecule is CCOC(=O)COc1cc(C2=CC3(CCC3)ON2)ccc1OC. The van der Waals surface area contributed by atoms with Crippen LogP contribution in [-0.2, 0) is 14.4 Å². The van der Waals surface area contributed by atoms with Gasteiger partial charge >= 0.3 is 5.97 Å². The summed E-state index contributed by atoms with van der Waals surface area (Å²) >= 11 is 0. The van der Waals surface area contributed by atoms with E-state index in [1.54, 1.807) is 14.0 Å². The van der Waals surface area contributed by atoms with E-state index < -0.39 is 5.97 Å². The second-order valence-electron chi connectivity index (χ2n) is 5.64. The summed E-state index contributed by atoms with van der Waals surface area (Å²) in [6.45, 7) is 1.93. The van der Waals surface area contributed by atoms with Crippen molar-refractivity contribution in [2.75, 3.05) is 20.3 Å². The second kappa shape index (κ2) is 6.50. The quantitative estimate of drug-likeness (QED) is 0.813. The Hall–Kier alpha value is -2.21. The fourth-order valence-corrected chi connectivity index (χ4v) is 2.69. The predicted molar refractivity (Wildman–Crippen MR) is 83.9 cm³/mol. The molecule has 1 heterocycles. The van der Waals surface area contributed by atoms with E-state index in [1.165, 1.54) is 6.42 Å². The molecule has 1 aromatic rings. The molecule has 0 aromatic heterocycles. The van der Waals surface area contributed by atoms with Crippen LogP contribution in [0.5, 0.6) is 11.5 Å². The second-order valence-corrected chi connectivity index (χ2v) is 5.64. The number of carbonyl (C=O) groups is 1. The highest BCUT2D eigenvalue weighted by Crippen LogP contribution is 2.42. The minimum Gasteiger partial charge on any atom is -0.493 e. The van der Waals surface area contributed by atoms with Crippen LogP contribution in [0.15, 0.2) is 24.3 Å². The van der Waals surface area contributed by atoms with Crippen LogP contribution in [0.2, 0.25) is 0 Å². The van der Waals surface area contributed by atoms with Crippen molar-refractivity contribution in [3.05, 3.63) is 29.8 Å². The Kier molecular flexibility index (Phi) is 4.43. The Morgan fingerprint density at radius 2 is 2.17 bits per heavy atom. The summed E-state index contributed by atoms with van der Waals surface area (Å²) in [6.07, 6.45) is 5.37. The number of ether oxygens (including phenoxy) is 3. The molecule has 23 heavy (non-hydrogen) atoms. The molecule has 1 N–H and O–H groups in total. The van der Waals surface area contributed by atoms with Crippen LogP contribution in [-0.4, -0.2) is 31.9 Å². The first-order valence-corrected chi connectivity index (χ1v) is 7.79. The predicted octanol–water partition coefficient (Wildman–Crippen LogP) is 2.44. The molecule has 1 aromatic carbocycles. The summed E-state index contributed by atoms with van der Waals surface area (Å²) in [6, 6.07) is 5.57. The largest absolute Gasteiger partial charge is 0.493 e. The van der Waals surface area contributed by atoms with Gasteiger partial charge in [0.15, 0.2) is 18.1 Å². The van der Waals surface area contributed by atoms with Gasteiger partial charge in [-0.2, -0.15) is 0 Å². The molecule has 0 bridgehead atoms. The van der Waals surface area contributed by atoms with Gasteiger partial charge in [-0.1, -0.05) is 0 Å². The van der Waals surface area contributed by atoms with Crippen molar-refractivity contribution in [2.45, 2.75) is 31.8 Å². The lowest BCUT2D eigenvalue weighted by molar-refractivity contribution is -0.145. The van der Waals surface area contributed by atoms with Crippen molar-refractivity contribution in [3.63, 3.8) is 0 Å². The van der Waals surface area contributed by atoms with E-state index in [0.29, 0.717) is 18.1 Å². The fraction of sp³-hybridized carbons (Fsp3) is 0.471. The minimum atomic E-state index is -0.407. The van der Waals surface area contributed by atoms with Crippen molar-refractivity contribution in [1.29, 1.82) is 0 Å². The first-order chi connectivity index (χ1) is 11.2. The van der Waals surface area contributed by atoms with Gasteiger partial charge in [0.25, 0.3) is 0 Å². The molecular formula is C17H21NO5. The summed E-state index contributed by atoms with van der Waals surface area (Å²) in [5.74, 6) is 0.654. The summed E-state index contributed by atoms with van der Waals surface area (Å²) in [7, 11) is 1.56. The van der Waals surface area contributed by atoms with Gasteiger partial charge in [-0.3, -0.25) is 10.3 Å². The molecule has 6 nitrogen and oxygen atoms in total. The lowest BCUT2D eigenvalue weighted by Crippen LogP contribution is -2.36. The first kappa shape index (κ1) is 15.7. The summed E-state index contributed by atoms with van der Waals surface area (Å²) in [5, 5.41) is 0. The van der Waals surface area contributed by atoms with Crippen LogP contribution in [0, 0.1) is 0 Å². The number of carbonyl (C=O) groups excluding carboxylic acids is 1. The number of benzene rings is 1. The van der Waals surface area contributed by atoms with Crippen molar-refractivity contribution >= 4 is 11.7 Å². The zero-order chi connectivity index (χ0) is 16.3. The molecular weight excluding hydrogens is 298 g/mol. The maximum absolute atomic E-state index is 11.5. The van der Waals surface area contributed by atoms with Crippen LogP contribution < -0.4 is 15.0 Å². The van der Waals surface area contributed by atoms with Crippen LogP contribution in [0.3, 0.4) is 0 Å². The Bertz CT molecular complexity index is 621. The monoisotopic (exact) mass is 319 g/mol. The van der Waals surface area contributed by atoms with E-state index in [2.05, 4.69) is 11.6 Å². The lowest BCUT2D eigenvalue weighted by atomic mass is 9.80. The van der Waals surface area contributed by atoms with Gasteiger partial charge in [-0.25, -0.2) is 4.79 Å². The molecule has 1 aliphatic heterocycles. The molecule has 1 spiro atoms. The maximum Gasteiger partial charge on any atom is 0.344 e. The van der Waals surface area contributed by atoms with Crippen molar-refractivity contribution in [1.82, 2.24) is 5.48 Å². The zero-order valence-electron chi connectivity index (χ0n) is 13.4. The molecule has 124 valence electrons. The molecule has 2 aliphatic rings. The molecule has 1 saturated carbocycles. The third kappa shape index (κ3) is 3.27. The highest BCUT2D eigenvalue weighted by molar-refractivity contribution is 5.72. The van der Waals surface area contributed by atoms with Gasteiger partial charge in [0.05, 0.1) is 19.4 Å². The number of hydrogen-bond acceptors (Lipinski definition) is 6. The average Bonchev–Trinajstić information content (AvgIpc) is 2.99. The molecule has 1 fully saturated rings. The Balaban J connectivity index is 1.76. The molecule has 0 unspecified atom stereocenters. The number of esters is 1. The van der Waals surface area contributed by atoms with Gasteiger partial charge in [-0.15, -0.1) is 0 Å². The van der Waals surface area contributed by atoms with E-state index in [1.807, 2.05) is 18.2 Å². The Labute approximate surface area is 135 Å². The van der Waals surface area contributed by atoms with Crippen LogP contribution in [0.25, 0.3) is 5.70 Å². The molecule has 0 amide bonds. The molecule has 1 aliphatic carbocycles. The molecule has 0 radical (unpaired) electrons. The number of rotatable bonds is 6. The number of methoxy groups -OCH3 is 1. The summed E-state index contributed by atoms with van der Waals surface area (Å²) in [5.41, 5.74) is 4.67. The zero-order valence-corrected chi connectivity index (χ0v) is 13.4. The molecule has 3 rings (SSSR count). The highest BCUT2D eigenvalue weighted by atomic mass is 16.7. The Morgan fingerprint density at radius 1 is 1.35 bits per heavy atom. The van der Waals surface area contributed by atoms with Crippen LogP contribution in [0.4, 0.5) is 0 Å². The number of hydrogen-bond donors (Lipinski definition) is 1. The first-order valence-electron chi connectivity index (χ1n) is 7.79. The molecule has 0 atom stereocenters. The molecule has 6 heteroatoms. The smallest absolute Gasteiger partial charge is 0.344 e. The van der Waals surface area contributed by atoms with Gasteiger partial charge in [0.1, 0.15) is 5.60 Å². The van der Waals surface area contributed by atoms with Gasteiger partial charge in [-0.05, 0) is 50.5 Å². The van der Waals surface area contributed by atoms with Crippen molar-refractivity contribution in [3.8, 4) is 11.5 Å². The Morgan fingerprint density at radius 3 is 2.78 bits per heavy atom. The van der Waals surface area contributed by atoms with Crippen LogP contribution >= 0.6 is 0 Å². The minimum absolute atomic E-state index is 0.152.